The van der Waals surface area contributed by atoms with E-state index in [2.05, 4.69) is 11.4 Å². The van der Waals surface area contributed by atoms with Gasteiger partial charge in [-0.05, 0) is 20.0 Å². The number of benzene rings is 1. The van der Waals surface area contributed by atoms with Crippen molar-refractivity contribution in [2.75, 3.05) is 26.9 Å². The molecule has 0 saturated carbocycles. The van der Waals surface area contributed by atoms with Gasteiger partial charge in [0.1, 0.15) is 5.75 Å². The molecule has 90 valence electrons. The highest BCUT2D eigenvalue weighted by Gasteiger charge is 2.00. The van der Waals surface area contributed by atoms with Crippen molar-refractivity contribution in [3.05, 3.63) is 29.8 Å². The van der Waals surface area contributed by atoms with E-state index in [0.717, 1.165) is 31.9 Å². The molecular weight excluding hydrogens is 202 g/mol. The first-order valence-electron chi connectivity index (χ1n) is 5.81. The van der Waals surface area contributed by atoms with Crippen LogP contribution in [0.1, 0.15) is 18.9 Å². The SMILES string of the molecule is CCOCCCOc1ccccc1CNC. The number of hydrogen-bond acceptors (Lipinski definition) is 3. The Morgan fingerprint density at radius 3 is 2.75 bits per heavy atom. The Morgan fingerprint density at radius 1 is 1.19 bits per heavy atom. The molecule has 0 radical (unpaired) electrons. The van der Waals surface area contributed by atoms with Crippen molar-refractivity contribution in [2.45, 2.75) is 19.9 Å². The van der Waals surface area contributed by atoms with E-state index in [1.165, 1.54) is 5.56 Å². The Morgan fingerprint density at radius 2 is 2.00 bits per heavy atom. The van der Waals surface area contributed by atoms with Crippen LogP contribution in [0.15, 0.2) is 24.3 Å². The number of nitrogens with one attached hydrogen (secondary N) is 1. The largest absolute Gasteiger partial charge is 0.493 e. The minimum absolute atomic E-state index is 0.709. The summed E-state index contributed by atoms with van der Waals surface area (Å²) < 4.78 is 11.0. The Kier molecular flexibility index (Phi) is 6.61. The predicted octanol–water partition coefficient (Wildman–Crippen LogP) is 2.21. The molecule has 0 fully saturated rings. The molecular formula is C13H21NO2. The lowest BCUT2D eigenvalue weighted by Crippen LogP contribution is -2.09. The maximum atomic E-state index is 5.72. The number of ether oxygens (including phenoxy) is 2. The zero-order valence-electron chi connectivity index (χ0n) is 10.2. The molecule has 0 aromatic heterocycles. The summed E-state index contributed by atoms with van der Waals surface area (Å²) in [5, 5.41) is 3.13. The second-order valence-electron chi connectivity index (χ2n) is 3.54. The molecule has 3 heteroatoms. The van der Waals surface area contributed by atoms with Gasteiger partial charge in [-0.2, -0.15) is 0 Å². The van der Waals surface area contributed by atoms with Gasteiger partial charge >= 0.3 is 0 Å². The van der Waals surface area contributed by atoms with E-state index in [1.807, 2.05) is 32.2 Å². The van der Waals surface area contributed by atoms with Gasteiger partial charge in [-0.15, -0.1) is 0 Å². The van der Waals surface area contributed by atoms with Gasteiger partial charge in [-0.3, -0.25) is 0 Å². The Balaban J connectivity index is 2.34. The fraction of sp³-hybridized carbons (Fsp3) is 0.538. The summed E-state index contributed by atoms with van der Waals surface area (Å²) in [5.41, 5.74) is 1.20. The lowest BCUT2D eigenvalue weighted by Gasteiger charge is -2.10. The Bertz CT molecular complexity index is 289. The van der Waals surface area contributed by atoms with Crippen molar-refractivity contribution in [1.29, 1.82) is 0 Å². The molecule has 0 amide bonds. The summed E-state index contributed by atoms with van der Waals surface area (Å²) in [7, 11) is 1.94. The van der Waals surface area contributed by atoms with Crippen molar-refractivity contribution >= 4 is 0 Å². The Labute approximate surface area is 97.8 Å². The van der Waals surface area contributed by atoms with E-state index in [-0.39, 0.29) is 0 Å². The van der Waals surface area contributed by atoms with Gasteiger partial charge in [0.15, 0.2) is 0 Å². The van der Waals surface area contributed by atoms with Gasteiger partial charge in [-0.1, -0.05) is 18.2 Å². The summed E-state index contributed by atoms with van der Waals surface area (Å²) in [6, 6.07) is 8.11. The van der Waals surface area contributed by atoms with Crippen LogP contribution in [-0.4, -0.2) is 26.9 Å². The molecule has 0 spiro atoms. The van der Waals surface area contributed by atoms with Crippen molar-refractivity contribution in [3.63, 3.8) is 0 Å². The van der Waals surface area contributed by atoms with Crippen LogP contribution in [-0.2, 0) is 11.3 Å². The molecule has 0 aliphatic rings. The number of para-hydroxylation sites is 1. The zero-order valence-corrected chi connectivity index (χ0v) is 10.2. The van der Waals surface area contributed by atoms with Gasteiger partial charge in [0.25, 0.3) is 0 Å². The van der Waals surface area contributed by atoms with Crippen LogP contribution in [0.5, 0.6) is 5.75 Å². The molecule has 3 nitrogen and oxygen atoms in total. The van der Waals surface area contributed by atoms with Crippen molar-refractivity contribution in [2.24, 2.45) is 0 Å². The second-order valence-corrected chi connectivity index (χ2v) is 3.54. The summed E-state index contributed by atoms with van der Waals surface area (Å²) >= 11 is 0. The standard InChI is InChI=1S/C13H21NO2/c1-3-15-9-6-10-16-13-8-5-4-7-12(13)11-14-2/h4-5,7-8,14H,3,6,9-11H2,1-2H3. The molecule has 0 bridgehead atoms. The maximum Gasteiger partial charge on any atom is 0.123 e. The van der Waals surface area contributed by atoms with E-state index in [1.54, 1.807) is 0 Å². The van der Waals surface area contributed by atoms with Crippen molar-refractivity contribution < 1.29 is 9.47 Å². The van der Waals surface area contributed by atoms with Crippen LogP contribution in [0.4, 0.5) is 0 Å². The monoisotopic (exact) mass is 223 g/mol. The van der Waals surface area contributed by atoms with Crippen LogP contribution >= 0.6 is 0 Å². The maximum absolute atomic E-state index is 5.72. The molecule has 0 saturated heterocycles. The van der Waals surface area contributed by atoms with Gasteiger partial charge in [0.05, 0.1) is 6.61 Å². The van der Waals surface area contributed by atoms with E-state index in [0.29, 0.717) is 6.61 Å². The van der Waals surface area contributed by atoms with E-state index in [4.69, 9.17) is 9.47 Å². The van der Waals surface area contributed by atoms with Crippen LogP contribution in [0, 0.1) is 0 Å². The third-order valence-corrected chi connectivity index (χ3v) is 2.23. The summed E-state index contributed by atoms with van der Waals surface area (Å²) in [6.07, 6.45) is 0.932. The molecule has 0 aliphatic heterocycles. The van der Waals surface area contributed by atoms with Crippen LogP contribution in [0.2, 0.25) is 0 Å². The Hall–Kier alpha value is -1.06. The smallest absolute Gasteiger partial charge is 0.123 e. The molecule has 1 aromatic carbocycles. The summed E-state index contributed by atoms with van der Waals surface area (Å²) in [4.78, 5) is 0. The highest BCUT2D eigenvalue weighted by atomic mass is 16.5. The first kappa shape index (κ1) is 13.0. The third-order valence-electron chi connectivity index (χ3n) is 2.23. The van der Waals surface area contributed by atoms with Gasteiger partial charge in [-0.25, -0.2) is 0 Å². The quantitative estimate of drug-likeness (QED) is 0.685. The lowest BCUT2D eigenvalue weighted by molar-refractivity contribution is 0.130. The highest BCUT2D eigenvalue weighted by molar-refractivity contribution is 5.33. The average Bonchev–Trinajstić information content (AvgIpc) is 2.31. The summed E-state index contributed by atoms with van der Waals surface area (Å²) in [5.74, 6) is 0.966. The first-order chi connectivity index (χ1) is 7.88. The van der Waals surface area contributed by atoms with Crippen molar-refractivity contribution in [3.8, 4) is 5.75 Å². The fourth-order valence-corrected chi connectivity index (χ4v) is 1.47. The third kappa shape index (κ3) is 4.64. The molecule has 16 heavy (non-hydrogen) atoms. The number of rotatable bonds is 8. The molecule has 0 atom stereocenters. The lowest BCUT2D eigenvalue weighted by atomic mass is 10.2. The topological polar surface area (TPSA) is 30.5 Å². The van der Waals surface area contributed by atoms with Crippen molar-refractivity contribution in [1.82, 2.24) is 5.32 Å². The molecule has 0 heterocycles. The summed E-state index contributed by atoms with van der Waals surface area (Å²) in [6.45, 7) is 5.09. The van der Waals surface area contributed by atoms with E-state index >= 15 is 0 Å². The van der Waals surface area contributed by atoms with Gasteiger partial charge in [0.2, 0.25) is 0 Å². The predicted molar refractivity (Wildman–Crippen MR) is 65.8 cm³/mol. The minimum Gasteiger partial charge on any atom is -0.493 e. The molecule has 1 aromatic rings. The van der Waals surface area contributed by atoms with Crippen LogP contribution in [0.3, 0.4) is 0 Å². The van der Waals surface area contributed by atoms with E-state index in [9.17, 15) is 0 Å². The van der Waals surface area contributed by atoms with E-state index < -0.39 is 0 Å². The fourth-order valence-electron chi connectivity index (χ4n) is 1.47. The second kappa shape index (κ2) is 8.13. The minimum atomic E-state index is 0.709. The zero-order chi connectivity index (χ0) is 11.6. The normalized spacial score (nSPS) is 10.4. The van der Waals surface area contributed by atoms with Crippen LogP contribution < -0.4 is 10.1 Å². The highest BCUT2D eigenvalue weighted by Crippen LogP contribution is 2.17. The molecule has 0 unspecified atom stereocenters. The number of hydrogen-bond donors (Lipinski definition) is 1. The first-order valence-corrected chi connectivity index (χ1v) is 5.81. The van der Waals surface area contributed by atoms with Crippen LogP contribution in [0.25, 0.3) is 0 Å². The molecule has 1 rings (SSSR count). The molecule has 1 N–H and O–H groups in total. The molecule has 0 aliphatic carbocycles. The average molecular weight is 223 g/mol. The van der Waals surface area contributed by atoms with Gasteiger partial charge < -0.3 is 14.8 Å². The van der Waals surface area contributed by atoms with Gasteiger partial charge in [0, 0.05) is 31.7 Å².